The Hall–Kier alpha value is -3.07. The van der Waals surface area contributed by atoms with Crippen LogP contribution >= 0.6 is 0 Å². The second kappa shape index (κ2) is 19.3. The van der Waals surface area contributed by atoms with Crippen LogP contribution in [-0.4, -0.2) is 64.6 Å². The van der Waals surface area contributed by atoms with Crippen molar-refractivity contribution in [3.05, 3.63) is 71.8 Å². The highest BCUT2D eigenvalue weighted by molar-refractivity contribution is 5.89. The summed E-state index contributed by atoms with van der Waals surface area (Å²) in [5.41, 5.74) is 2.12. The van der Waals surface area contributed by atoms with Crippen LogP contribution in [0.5, 0.6) is 0 Å². The molecule has 2 aromatic rings. The Morgan fingerprint density at radius 3 is 1.69 bits per heavy atom. The van der Waals surface area contributed by atoms with Gasteiger partial charge >= 0.3 is 11.9 Å². The maximum atomic E-state index is 13.5. The minimum Gasteiger partial charge on any atom is -0.462 e. The number of Topliss-reactive ketones (excluding diaryl/α,β-unsaturated/α-hetero) is 1. The van der Waals surface area contributed by atoms with E-state index in [9.17, 15) is 29.7 Å². The zero-order chi connectivity index (χ0) is 47.5. The van der Waals surface area contributed by atoms with E-state index in [2.05, 4.69) is 41.5 Å². The number of fused-ring (bicyclic) bond motifs is 10. The molecule has 0 heterocycles. The van der Waals surface area contributed by atoms with Crippen LogP contribution in [0.3, 0.4) is 0 Å². The predicted octanol–water partition coefficient (Wildman–Crippen LogP) is 11.5. The van der Waals surface area contributed by atoms with Gasteiger partial charge in [-0.1, -0.05) is 77.9 Å². The highest BCUT2D eigenvalue weighted by Crippen LogP contribution is 2.70. The van der Waals surface area contributed by atoms with Gasteiger partial charge in [-0.2, -0.15) is 0 Å². The lowest BCUT2D eigenvalue weighted by Crippen LogP contribution is -2.58. The summed E-state index contributed by atoms with van der Waals surface area (Å²) in [7, 11) is 0. The van der Waals surface area contributed by atoms with Gasteiger partial charge in [0, 0.05) is 12.3 Å². The molecule has 0 aliphatic heterocycles. The van der Waals surface area contributed by atoms with Gasteiger partial charge < -0.3 is 24.8 Å². The van der Waals surface area contributed by atoms with E-state index in [-0.39, 0.29) is 57.8 Å². The maximum absolute atomic E-state index is 13.5. The first kappa shape index (κ1) is 48.9. The molecule has 0 amide bonds. The number of benzene rings is 2. The zero-order valence-electron chi connectivity index (χ0n) is 41.8. The number of rotatable bonds is 9. The number of hydrogen-bond acceptors (Lipinski definition) is 8. The molecule has 10 rings (SSSR count). The molecule has 0 bridgehead atoms. The van der Waals surface area contributed by atoms with Gasteiger partial charge in [0.05, 0.1) is 42.7 Å². The van der Waals surface area contributed by atoms with E-state index >= 15 is 0 Å². The molecule has 2 aromatic carbocycles. The minimum atomic E-state index is -0.243. The average Bonchev–Trinajstić information content (AvgIpc) is 3.86. The van der Waals surface area contributed by atoms with Crippen LogP contribution in [0.15, 0.2) is 60.7 Å². The second-order valence-corrected chi connectivity index (χ2v) is 24.9. The number of carbonyl (C=O) groups is 3. The fourth-order valence-electron chi connectivity index (χ4n) is 18.2. The van der Waals surface area contributed by atoms with Crippen LogP contribution in [-0.2, 0) is 14.3 Å². The van der Waals surface area contributed by atoms with E-state index in [1.54, 1.807) is 12.1 Å². The fourth-order valence-corrected chi connectivity index (χ4v) is 18.2. The monoisotopic (exact) mass is 921 g/mol. The number of carbonyl (C=O) groups excluding carboxylic acids is 3. The van der Waals surface area contributed by atoms with Crippen LogP contribution in [0.4, 0.5) is 0 Å². The van der Waals surface area contributed by atoms with Crippen molar-refractivity contribution in [3.8, 4) is 0 Å². The van der Waals surface area contributed by atoms with Crippen LogP contribution in [0.2, 0.25) is 0 Å². The lowest BCUT2D eigenvalue weighted by Gasteiger charge is -2.62. The molecular formula is C59H84O8. The van der Waals surface area contributed by atoms with E-state index in [0.29, 0.717) is 102 Å². The molecule has 8 unspecified atom stereocenters. The van der Waals surface area contributed by atoms with Crippen LogP contribution in [0, 0.1) is 92.7 Å². The molecule has 8 heteroatoms. The van der Waals surface area contributed by atoms with Gasteiger partial charge in [-0.15, -0.1) is 0 Å². The molecule has 8 fully saturated rings. The smallest absolute Gasteiger partial charge is 0.338 e. The molecule has 19 atom stereocenters. The summed E-state index contributed by atoms with van der Waals surface area (Å²) in [4.78, 5) is 38.3. The number of esters is 2. The SMILES string of the molecule is C[C@H](CCOC(=O)c1ccccc1)[C@H]1CCC2C3C(=O)CC4C[C@H](O)CC[C@]4(C)C3CC[C@@]21C.C[C@H](COC(=O)c1ccccc1)[C@H]1CCC2C3C(CC[C@@]21C)[C@@]1(C)CC[C@@H](O)CC1C[C@H]3O. The van der Waals surface area contributed by atoms with Crippen molar-refractivity contribution in [2.24, 2.45) is 92.7 Å². The minimum absolute atomic E-state index is 0.184. The quantitative estimate of drug-likeness (QED) is 0.212. The summed E-state index contributed by atoms with van der Waals surface area (Å²) in [6.07, 6.45) is 16.9. The van der Waals surface area contributed by atoms with E-state index in [0.717, 1.165) is 64.2 Å². The first-order chi connectivity index (χ1) is 32.0. The van der Waals surface area contributed by atoms with Gasteiger partial charge in [-0.25, -0.2) is 9.59 Å². The third-order valence-corrected chi connectivity index (χ3v) is 21.9. The van der Waals surface area contributed by atoms with Crippen molar-refractivity contribution in [1.29, 1.82) is 0 Å². The number of ketones is 1. The van der Waals surface area contributed by atoms with E-state index in [1.165, 1.54) is 38.5 Å². The molecule has 368 valence electrons. The highest BCUT2D eigenvalue weighted by atomic mass is 16.5. The maximum Gasteiger partial charge on any atom is 0.338 e. The molecule has 0 saturated heterocycles. The van der Waals surface area contributed by atoms with Crippen LogP contribution in [0.25, 0.3) is 0 Å². The summed E-state index contributed by atoms with van der Waals surface area (Å²) >= 11 is 0. The number of aliphatic hydroxyl groups excluding tert-OH is 3. The molecule has 8 aliphatic rings. The Bertz CT molecular complexity index is 2060. The molecule has 0 radical (unpaired) electrons. The zero-order valence-corrected chi connectivity index (χ0v) is 41.8. The predicted molar refractivity (Wildman–Crippen MR) is 261 cm³/mol. The standard InChI is InChI=1S/C30H42O4.C29H42O4/c1-19(13-16-34-28(33)20-7-5-4-6-8-20)23-9-10-24-27-25(12-15-30(23,24)3)29(2)14-11-22(31)17-21(29)18-26(27)32;1-18(17-33-27(32)19-7-5-4-6-8-19)22-9-10-23-26-24(12-14-29(22,23)3)28(2)13-11-21(30)15-20(28)16-25(26)31/h4-8,19,21-25,27,31H,9-18H2,1-3H3;4-8,18,20-26,30-31H,9-17H2,1-3H3/t19-,21?,22-,23-,24?,25?,27?,29+,30-;18-,20?,21-,22-,23?,24?,25-,26?,28+,29-/m11/s1. The van der Waals surface area contributed by atoms with Crippen LogP contribution in [0.1, 0.15) is 171 Å². The molecule has 67 heavy (non-hydrogen) atoms. The van der Waals surface area contributed by atoms with Gasteiger partial charge in [-0.3, -0.25) is 4.79 Å². The molecule has 8 aliphatic carbocycles. The third-order valence-electron chi connectivity index (χ3n) is 21.9. The van der Waals surface area contributed by atoms with E-state index < -0.39 is 0 Å². The summed E-state index contributed by atoms with van der Waals surface area (Å²) in [5, 5.41) is 31.9. The lowest BCUT2D eigenvalue weighted by molar-refractivity contribution is -0.174. The largest absolute Gasteiger partial charge is 0.462 e. The van der Waals surface area contributed by atoms with E-state index in [1.807, 2.05) is 48.5 Å². The van der Waals surface area contributed by atoms with Crippen LogP contribution < -0.4 is 0 Å². The normalized spacial score (nSPS) is 43.8. The first-order valence-corrected chi connectivity index (χ1v) is 27.0. The lowest BCUT2D eigenvalue weighted by atomic mass is 9.43. The van der Waals surface area contributed by atoms with Crippen molar-refractivity contribution in [2.45, 2.75) is 169 Å². The van der Waals surface area contributed by atoms with E-state index in [4.69, 9.17) is 9.47 Å². The Morgan fingerprint density at radius 1 is 0.582 bits per heavy atom. The van der Waals surface area contributed by atoms with Crippen molar-refractivity contribution in [1.82, 2.24) is 0 Å². The van der Waals surface area contributed by atoms with Gasteiger partial charge in [-0.05, 0) is 214 Å². The number of aliphatic hydroxyl groups is 3. The van der Waals surface area contributed by atoms with Gasteiger partial charge in [0.25, 0.3) is 0 Å². The molecule has 3 N–H and O–H groups in total. The van der Waals surface area contributed by atoms with Gasteiger partial charge in [0.15, 0.2) is 0 Å². The first-order valence-electron chi connectivity index (χ1n) is 27.0. The Morgan fingerprint density at radius 2 is 1.06 bits per heavy atom. The van der Waals surface area contributed by atoms with Crippen molar-refractivity contribution < 1.29 is 39.2 Å². The average molecular weight is 921 g/mol. The topological polar surface area (TPSA) is 130 Å². The summed E-state index contributed by atoms with van der Waals surface area (Å²) in [6.45, 7) is 15.3. The van der Waals surface area contributed by atoms with Gasteiger partial charge in [0.1, 0.15) is 5.78 Å². The Labute approximate surface area is 402 Å². The molecule has 0 aromatic heterocycles. The van der Waals surface area contributed by atoms with Crippen molar-refractivity contribution >= 4 is 17.7 Å². The van der Waals surface area contributed by atoms with Crippen molar-refractivity contribution in [2.75, 3.05) is 13.2 Å². The fraction of sp³-hybridized carbons (Fsp3) is 0.746. The van der Waals surface area contributed by atoms with Gasteiger partial charge in [0.2, 0.25) is 0 Å². The molecule has 8 saturated carbocycles. The number of ether oxygens (including phenoxy) is 2. The molecular weight excluding hydrogens is 837 g/mol. The molecule has 0 spiro atoms. The Balaban J connectivity index is 0.000000168. The highest BCUT2D eigenvalue weighted by Gasteiger charge is 2.65. The summed E-state index contributed by atoms with van der Waals surface area (Å²) < 4.78 is 11.3. The Kier molecular flexibility index (Phi) is 14.1. The third kappa shape index (κ3) is 8.91. The summed E-state index contributed by atoms with van der Waals surface area (Å²) in [6, 6.07) is 18.5. The molecule has 8 nitrogen and oxygen atoms in total. The number of hydrogen-bond donors (Lipinski definition) is 3. The van der Waals surface area contributed by atoms with Crippen molar-refractivity contribution in [3.63, 3.8) is 0 Å². The summed E-state index contributed by atoms with van der Waals surface area (Å²) in [5.74, 6) is 5.43. The second-order valence-electron chi connectivity index (χ2n) is 24.9.